The van der Waals surface area contributed by atoms with Crippen molar-refractivity contribution in [3.05, 3.63) is 70.5 Å². The Hall–Kier alpha value is -2.40. The van der Waals surface area contributed by atoms with Gasteiger partial charge in [0.15, 0.2) is 0 Å². The number of hydrogen-bond donors (Lipinski definition) is 1. The lowest BCUT2D eigenvalue weighted by Crippen LogP contribution is -2.47. The molecule has 0 bridgehead atoms. The number of nitrogens with one attached hydrogen (secondary N) is 1. The Kier molecular flexibility index (Phi) is 4.64. The lowest BCUT2D eigenvalue weighted by molar-refractivity contribution is -0.129. The first-order valence-electron chi connectivity index (χ1n) is 9.07. The van der Waals surface area contributed by atoms with Gasteiger partial charge in [-0.05, 0) is 42.2 Å². The summed E-state index contributed by atoms with van der Waals surface area (Å²) < 4.78 is 13.1. The Morgan fingerprint density at radius 2 is 1.96 bits per heavy atom. The molecule has 27 heavy (non-hydrogen) atoms. The molecule has 140 valence electrons. The van der Waals surface area contributed by atoms with Crippen LogP contribution in [0.25, 0.3) is 0 Å². The molecule has 2 aromatic rings. The molecular weight excluding hydrogens is 367 g/mol. The molecule has 2 aliphatic rings. The second kappa shape index (κ2) is 6.97. The Morgan fingerprint density at radius 3 is 2.67 bits per heavy atom. The normalized spacial score (nSPS) is 24.1. The quantitative estimate of drug-likeness (QED) is 0.875. The van der Waals surface area contributed by atoms with Crippen LogP contribution in [0.5, 0.6) is 0 Å². The van der Waals surface area contributed by atoms with Gasteiger partial charge in [-0.3, -0.25) is 9.59 Å². The van der Waals surface area contributed by atoms with Crippen molar-refractivity contribution in [2.45, 2.75) is 37.3 Å². The third kappa shape index (κ3) is 3.21. The number of carbonyl (C=O) groups is 2. The minimum absolute atomic E-state index is 0.0744. The number of benzene rings is 2. The van der Waals surface area contributed by atoms with Crippen LogP contribution >= 0.6 is 11.6 Å². The van der Waals surface area contributed by atoms with E-state index < -0.39 is 5.41 Å². The number of amides is 2. The van der Waals surface area contributed by atoms with Gasteiger partial charge in [0.25, 0.3) is 0 Å². The summed E-state index contributed by atoms with van der Waals surface area (Å²) in [6, 6.07) is 13.4. The summed E-state index contributed by atoms with van der Waals surface area (Å²) >= 11 is 6.44. The predicted octanol–water partition coefficient (Wildman–Crippen LogP) is 3.43. The van der Waals surface area contributed by atoms with Gasteiger partial charge in [0, 0.05) is 30.6 Å². The van der Waals surface area contributed by atoms with Crippen LogP contribution in [0.4, 0.5) is 4.39 Å². The molecule has 0 radical (unpaired) electrons. The fourth-order valence-electron chi connectivity index (χ4n) is 4.27. The molecule has 4 nitrogen and oxygen atoms in total. The van der Waals surface area contributed by atoms with Gasteiger partial charge >= 0.3 is 0 Å². The Balaban J connectivity index is 1.62. The number of rotatable bonds is 4. The molecule has 0 unspecified atom stereocenters. The van der Waals surface area contributed by atoms with Gasteiger partial charge in [0.05, 0.1) is 5.41 Å². The van der Waals surface area contributed by atoms with Crippen molar-refractivity contribution in [3.8, 4) is 0 Å². The minimum atomic E-state index is -0.862. The monoisotopic (exact) mass is 386 g/mol. The van der Waals surface area contributed by atoms with E-state index in [2.05, 4.69) is 5.32 Å². The van der Waals surface area contributed by atoms with Gasteiger partial charge in [-0.25, -0.2) is 4.39 Å². The van der Waals surface area contributed by atoms with Crippen molar-refractivity contribution >= 4 is 23.4 Å². The average Bonchev–Trinajstić information content (AvgIpc) is 3.21. The molecule has 2 atom stereocenters. The molecule has 6 heteroatoms. The molecule has 2 fully saturated rings. The summed E-state index contributed by atoms with van der Waals surface area (Å²) in [6.45, 7) is 0.638. The molecule has 0 spiro atoms. The summed E-state index contributed by atoms with van der Waals surface area (Å²) in [5.74, 6) is -0.366. The first kappa shape index (κ1) is 18.0. The summed E-state index contributed by atoms with van der Waals surface area (Å²) in [6.07, 6.45) is 1.88. The summed E-state index contributed by atoms with van der Waals surface area (Å²) in [4.78, 5) is 27.4. The van der Waals surface area contributed by atoms with Crippen molar-refractivity contribution in [1.82, 2.24) is 10.2 Å². The summed E-state index contributed by atoms with van der Waals surface area (Å²) in [5, 5.41) is 3.50. The van der Waals surface area contributed by atoms with E-state index in [1.807, 2.05) is 23.1 Å². The Morgan fingerprint density at radius 1 is 1.22 bits per heavy atom. The van der Waals surface area contributed by atoms with Crippen LogP contribution in [0, 0.1) is 5.82 Å². The molecule has 2 aliphatic heterocycles. The highest BCUT2D eigenvalue weighted by molar-refractivity contribution is 6.31. The van der Waals surface area contributed by atoms with Crippen molar-refractivity contribution in [3.63, 3.8) is 0 Å². The third-order valence-corrected chi connectivity index (χ3v) is 6.00. The summed E-state index contributed by atoms with van der Waals surface area (Å²) in [5.41, 5.74) is 0.707. The van der Waals surface area contributed by atoms with E-state index in [9.17, 15) is 14.0 Å². The Labute approximate surface area is 162 Å². The maximum Gasteiger partial charge on any atom is 0.232 e. The van der Waals surface area contributed by atoms with Crippen molar-refractivity contribution in [2.24, 2.45) is 0 Å². The number of fused-ring (bicyclic) bond motifs is 1. The third-order valence-electron chi connectivity index (χ3n) is 5.67. The fraction of sp³-hybridized carbons (Fsp3) is 0.333. The second-order valence-electron chi connectivity index (χ2n) is 7.29. The van der Waals surface area contributed by atoms with Gasteiger partial charge < -0.3 is 10.2 Å². The highest BCUT2D eigenvalue weighted by atomic mass is 35.5. The molecule has 2 heterocycles. The molecule has 1 N–H and O–H groups in total. The van der Waals surface area contributed by atoms with Gasteiger partial charge in [0.2, 0.25) is 11.8 Å². The fourth-order valence-corrected chi connectivity index (χ4v) is 4.58. The van der Waals surface area contributed by atoms with Crippen LogP contribution in [0.15, 0.2) is 48.5 Å². The topological polar surface area (TPSA) is 49.4 Å². The number of nitrogens with zero attached hydrogens (tertiary/aromatic N) is 1. The van der Waals surface area contributed by atoms with Crippen molar-refractivity contribution < 1.29 is 14.0 Å². The van der Waals surface area contributed by atoms with Gasteiger partial charge in [-0.2, -0.15) is 0 Å². The molecule has 4 rings (SSSR count). The molecule has 2 amide bonds. The molecule has 0 saturated carbocycles. The van der Waals surface area contributed by atoms with Crippen LogP contribution < -0.4 is 5.32 Å². The maximum absolute atomic E-state index is 13.3. The Bertz CT molecular complexity index is 886. The van der Waals surface area contributed by atoms with Crippen molar-refractivity contribution in [2.75, 3.05) is 6.54 Å². The van der Waals surface area contributed by atoms with Crippen LogP contribution in [0.3, 0.4) is 0 Å². The minimum Gasteiger partial charge on any atom is -0.351 e. The first-order valence-corrected chi connectivity index (χ1v) is 9.45. The van der Waals surface area contributed by atoms with E-state index >= 15 is 0 Å². The van der Waals surface area contributed by atoms with Crippen LogP contribution in [-0.4, -0.2) is 29.3 Å². The van der Waals surface area contributed by atoms with E-state index in [0.29, 0.717) is 31.0 Å². The zero-order valence-corrected chi connectivity index (χ0v) is 15.5. The number of hydrogen-bond acceptors (Lipinski definition) is 2. The van der Waals surface area contributed by atoms with Gasteiger partial charge in [-0.15, -0.1) is 0 Å². The molecule has 0 aliphatic carbocycles. The molecule has 0 aromatic heterocycles. The number of halogens is 2. The average molecular weight is 387 g/mol. The highest BCUT2D eigenvalue weighted by Gasteiger charge is 2.54. The van der Waals surface area contributed by atoms with Gasteiger partial charge in [-0.1, -0.05) is 41.9 Å². The number of carbonyl (C=O) groups excluding carboxylic acids is 2. The second-order valence-corrected chi connectivity index (χ2v) is 7.70. The lowest BCUT2D eigenvalue weighted by Gasteiger charge is -2.29. The van der Waals surface area contributed by atoms with Gasteiger partial charge in [0.1, 0.15) is 5.82 Å². The molecule has 2 aromatic carbocycles. The van der Waals surface area contributed by atoms with Crippen LogP contribution in [0.1, 0.15) is 30.4 Å². The summed E-state index contributed by atoms with van der Waals surface area (Å²) in [7, 11) is 0. The predicted molar refractivity (Wildman–Crippen MR) is 101 cm³/mol. The van der Waals surface area contributed by atoms with Crippen molar-refractivity contribution in [1.29, 1.82) is 0 Å². The molecular formula is C21H20ClFN2O2. The lowest BCUT2D eigenvalue weighted by atomic mass is 9.76. The first-order chi connectivity index (χ1) is 13.0. The SMILES string of the molecule is O=C1CC[C@H]2C[C@](C(=O)NCc3ccc(F)cc3)(c3ccccc3Cl)CN12. The van der Waals surface area contributed by atoms with E-state index in [4.69, 9.17) is 11.6 Å². The smallest absolute Gasteiger partial charge is 0.232 e. The van der Waals surface area contributed by atoms with E-state index in [1.54, 1.807) is 18.2 Å². The zero-order chi connectivity index (χ0) is 19.0. The van der Waals surface area contributed by atoms with E-state index in [1.165, 1.54) is 12.1 Å². The zero-order valence-electron chi connectivity index (χ0n) is 14.8. The standard InChI is InChI=1S/C21H20ClFN2O2/c22-18-4-2-1-3-17(18)21(11-16-9-10-19(26)25(16)13-21)20(27)24-12-14-5-7-15(23)8-6-14/h1-8,16H,9-13H2,(H,24,27)/t16-,21+/m0/s1. The van der Waals surface area contributed by atoms with E-state index in [0.717, 1.165) is 17.5 Å². The van der Waals surface area contributed by atoms with Crippen LogP contribution in [0.2, 0.25) is 5.02 Å². The van der Waals surface area contributed by atoms with Crippen LogP contribution in [-0.2, 0) is 21.5 Å². The van der Waals surface area contributed by atoms with E-state index in [-0.39, 0.29) is 23.7 Å². The largest absolute Gasteiger partial charge is 0.351 e. The maximum atomic E-state index is 13.3. The highest BCUT2D eigenvalue weighted by Crippen LogP contribution is 2.45. The molecule has 2 saturated heterocycles.